The van der Waals surface area contributed by atoms with Crippen molar-refractivity contribution in [3.63, 3.8) is 0 Å². The van der Waals surface area contributed by atoms with Gasteiger partial charge in [-0.3, -0.25) is 23.3 Å². The van der Waals surface area contributed by atoms with E-state index in [0.29, 0.717) is 23.3 Å². The Balaban J connectivity index is 1.63. The predicted molar refractivity (Wildman–Crippen MR) is 139 cm³/mol. The van der Waals surface area contributed by atoms with Crippen molar-refractivity contribution >= 4 is 34.0 Å². The SMILES string of the molecule is CC(C)n1cc2cc(Nc3cc(=O)n(Cc4ncn(C)n4)c(=O)n3Cc3cc(F)c(F)cc3F)c(Cl)cc2n1. The van der Waals surface area contributed by atoms with Gasteiger partial charge < -0.3 is 5.32 Å². The number of nitrogens with zero attached hydrogens (tertiary/aromatic N) is 7. The van der Waals surface area contributed by atoms with Crippen molar-refractivity contribution < 1.29 is 13.2 Å². The van der Waals surface area contributed by atoms with Crippen molar-refractivity contribution in [2.24, 2.45) is 7.05 Å². The van der Waals surface area contributed by atoms with E-state index in [1.54, 1.807) is 23.9 Å². The van der Waals surface area contributed by atoms with Crippen LogP contribution in [0.1, 0.15) is 31.3 Å². The first-order valence-corrected chi connectivity index (χ1v) is 12.2. The minimum Gasteiger partial charge on any atom is -0.340 e. The highest BCUT2D eigenvalue weighted by Crippen LogP contribution is 2.30. The fraction of sp³-hybridized carbons (Fsp3) is 0.240. The molecule has 0 aliphatic heterocycles. The van der Waals surface area contributed by atoms with Gasteiger partial charge in [-0.25, -0.2) is 22.9 Å². The predicted octanol–water partition coefficient (Wildman–Crippen LogP) is 3.98. The molecule has 39 heavy (non-hydrogen) atoms. The van der Waals surface area contributed by atoms with E-state index in [4.69, 9.17) is 11.6 Å². The second-order valence-electron chi connectivity index (χ2n) is 9.23. The minimum atomic E-state index is -1.37. The second kappa shape index (κ2) is 10.1. The quantitative estimate of drug-likeness (QED) is 0.303. The number of nitrogens with one attached hydrogen (secondary N) is 1. The molecular formula is C25H22ClF3N8O2. The van der Waals surface area contributed by atoms with Gasteiger partial charge in [0.1, 0.15) is 18.0 Å². The van der Waals surface area contributed by atoms with E-state index in [0.717, 1.165) is 20.6 Å². The van der Waals surface area contributed by atoms with E-state index < -0.39 is 35.2 Å². The molecule has 202 valence electrons. The number of anilines is 2. The fourth-order valence-electron chi connectivity index (χ4n) is 4.03. The van der Waals surface area contributed by atoms with Crippen molar-refractivity contribution in [3.8, 4) is 0 Å². The van der Waals surface area contributed by atoms with Crippen LogP contribution in [0.5, 0.6) is 0 Å². The molecule has 0 spiro atoms. The van der Waals surface area contributed by atoms with Crippen molar-refractivity contribution in [3.05, 3.63) is 97.6 Å². The monoisotopic (exact) mass is 558 g/mol. The van der Waals surface area contributed by atoms with Crippen LogP contribution >= 0.6 is 11.6 Å². The van der Waals surface area contributed by atoms with Gasteiger partial charge in [-0.15, -0.1) is 0 Å². The summed E-state index contributed by atoms with van der Waals surface area (Å²) >= 11 is 6.49. The Labute approximate surface area is 223 Å². The molecule has 1 N–H and O–H groups in total. The smallest absolute Gasteiger partial charge is 0.333 e. The summed E-state index contributed by atoms with van der Waals surface area (Å²) in [6.45, 7) is 3.15. The molecule has 3 heterocycles. The van der Waals surface area contributed by atoms with E-state index in [9.17, 15) is 22.8 Å². The molecule has 2 aromatic carbocycles. The van der Waals surface area contributed by atoms with Gasteiger partial charge in [0.25, 0.3) is 5.56 Å². The van der Waals surface area contributed by atoms with E-state index >= 15 is 0 Å². The average molecular weight is 559 g/mol. The summed E-state index contributed by atoms with van der Waals surface area (Å²) in [5, 5.41) is 12.5. The maximum Gasteiger partial charge on any atom is 0.333 e. The number of rotatable bonds is 7. The lowest BCUT2D eigenvalue weighted by Gasteiger charge is -2.17. The van der Waals surface area contributed by atoms with Crippen LogP contribution in [0.2, 0.25) is 5.02 Å². The molecule has 0 aliphatic rings. The standard InChI is InChI=1S/C25H22ClF3N8O2/c1-13(2)37-10-15-5-21(16(26)6-20(15)32-37)31-23-8-24(38)36(11-22-30-12-34(3)33-22)25(39)35(23)9-14-4-18(28)19(29)7-17(14)27/h4-8,10,12-13,31H,9,11H2,1-3H3. The molecular weight excluding hydrogens is 537 g/mol. The maximum absolute atomic E-state index is 14.6. The third-order valence-electron chi connectivity index (χ3n) is 6.05. The summed E-state index contributed by atoms with van der Waals surface area (Å²) in [7, 11) is 1.63. The Kier molecular flexibility index (Phi) is 6.76. The minimum absolute atomic E-state index is 0.0446. The first kappa shape index (κ1) is 26.2. The number of fused-ring (bicyclic) bond motifs is 1. The van der Waals surface area contributed by atoms with E-state index in [-0.39, 0.29) is 34.8 Å². The zero-order valence-corrected chi connectivity index (χ0v) is 21.7. The molecule has 0 fully saturated rings. The highest BCUT2D eigenvalue weighted by Gasteiger charge is 2.18. The van der Waals surface area contributed by atoms with Gasteiger partial charge >= 0.3 is 5.69 Å². The molecule has 5 rings (SSSR count). The topological polar surface area (TPSA) is 105 Å². The number of hydrogen-bond acceptors (Lipinski definition) is 6. The molecule has 0 amide bonds. The van der Waals surface area contributed by atoms with Crippen LogP contribution in [-0.4, -0.2) is 33.7 Å². The first-order valence-electron chi connectivity index (χ1n) is 11.8. The highest BCUT2D eigenvalue weighted by atomic mass is 35.5. The zero-order chi connectivity index (χ0) is 28.0. The van der Waals surface area contributed by atoms with Gasteiger partial charge in [-0.2, -0.15) is 10.2 Å². The van der Waals surface area contributed by atoms with Crippen molar-refractivity contribution in [1.29, 1.82) is 0 Å². The van der Waals surface area contributed by atoms with Gasteiger partial charge in [0.2, 0.25) is 0 Å². The number of benzene rings is 2. The number of halogens is 4. The van der Waals surface area contributed by atoms with E-state index in [2.05, 4.69) is 20.5 Å². The Morgan fingerprint density at radius 3 is 2.38 bits per heavy atom. The summed E-state index contributed by atoms with van der Waals surface area (Å²) in [4.78, 5) is 30.6. The Bertz CT molecular complexity index is 1840. The zero-order valence-electron chi connectivity index (χ0n) is 21.0. The Hall–Kier alpha value is -4.39. The van der Waals surface area contributed by atoms with Gasteiger partial charge in [-0.1, -0.05) is 11.6 Å². The molecule has 10 nitrogen and oxygen atoms in total. The van der Waals surface area contributed by atoms with E-state index in [1.807, 2.05) is 20.0 Å². The number of hydrogen-bond donors (Lipinski definition) is 1. The first-order chi connectivity index (χ1) is 18.5. The molecule has 0 radical (unpaired) electrons. The number of aryl methyl sites for hydroxylation is 1. The van der Waals surface area contributed by atoms with Crippen LogP contribution in [0.25, 0.3) is 10.9 Å². The van der Waals surface area contributed by atoms with Gasteiger partial charge in [-0.05, 0) is 32.0 Å². The highest BCUT2D eigenvalue weighted by molar-refractivity contribution is 6.34. The Morgan fingerprint density at radius 2 is 1.69 bits per heavy atom. The van der Waals surface area contributed by atoms with Crippen LogP contribution in [0, 0.1) is 17.5 Å². The summed E-state index contributed by atoms with van der Waals surface area (Å²) < 4.78 is 47.1. The van der Waals surface area contributed by atoms with Crippen LogP contribution in [0.4, 0.5) is 24.7 Å². The van der Waals surface area contributed by atoms with Crippen molar-refractivity contribution in [2.75, 3.05) is 5.32 Å². The van der Waals surface area contributed by atoms with Crippen LogP contribution < -0.4 is 16.6 Å². The molecule has 0 unspecified atom stereocenters. The maximum atomic E-state index is 14.6. The van der Waals surface area contributed by atoms with E-state index in [1.165, 1.54) is 11.0 Å². The summed E-state index contributed by atoms with van der Waals surface area (Å²) in [5.74, 6) is -3.56. The third-order valence-corrected chi connectivity index (χ3v) is 6.36. The van der Waals surface area contributed by atoms with Crippen LogP contribution in [0.15, 0.2) is 52.4 Å². The van der Waals surface area contributed by atoms with Gasteiger partial charge in [0, 0.05) is 42.4 Å². The summed E-state index contributed by atoms with van der Waals surface area (Å²) in [6, 6.07) is 5.61. The molecule has 14 heteroatoms. The Morgan fingerprint density at radius 1 is 0.949 bits per heavy atom. The number of aromatic nitrogens is 7. The molecule has 0 saturated heterocycles. The second-order valence-corrected chi connectivity index (χ2v) is 9.64. The lowest BCUT2D eigenvalue weighted by atomic mass is 10.2. The van der Waals surface area contributed by atoms with Crippen molar-refractivity contribution in [1.82, 2.24) is 33.7 Å². The van der Waals surface area contributed by atoms with Crippen LogP contribution in [-0.2, 0) is 20.1 Å². The summed E-state index contributed by atoms with van der Waals surface area (Å²) in [6.07, 6.45) is 3.23. The largest absolute Gasteiger partial charge is 0.340 e. The van der Waals surface area contributed by atoms with Gasteiger partial charge in [0.15, 0.2) is 17.5 Å². The normalized spacial score (nSPS) is 11.6. The molecule has 0 bridgehead atoms. The van der Waals surface area contributed by atoms with Crippen LogP contribution in [0.3, 0.4) is 0 Å². The molecule has 3 aromatic heterocycles. The molecule has 0 saturated carbocycles. The lowest BCUT2D eigenvalue weighted by Crippen LogP contribution is -2.41. The molecule has 5 aromatic rings. The average Bonchev–Trinajstić information content (AvgIpc) is 3.48. The van der Waals surface area contributed by atoms with Gasteiger partial charge in [0.05, 0.1) is 29.3 Å². The lowest BCUT2D eigenvalue weighted by molar-refractivity contribution is 0.486. The summed E-state index contributed by atoms with van der Waals surface area (Å²) in [5.41, 5.74) is -0.873. The molecule has 0 atom stereocenters. The van der Waals surface area contributed by atoms with Crippen molar-refractivity contribution in [2.45, 2.75) is 33.0 Å². The third kappa shape index (κ3) is 5.17. The molecule has 0 aliphatic carbocycles. The fourth-order valence-corrected chi connectivity index (χ4v) is 4.24.